The number of benzene rings is 2. The van der Waals surface area contributed by atoms with E-state index in [-0.39, 0.29) is 16.6 Å². The molecule has 0 amide bonds. The smallest absolute Gasteiger partial charge is 0.262 e. The third-order valence-electron chi connectivity index (χ3n) is 4.67. The molecule has 5 heteroatoms. The molecule has 0 fully saturated rings. The fraction of sp³-hybridized carbons (Fsp3) is 0.348. The van der Waals surface area contributed by atoms with Crippen LogP contribution < -0.4 is 5.56 Å². The first-order chi connectivity index (χ1) is 13.4. The Hall–Kier alpha value is -2.40. The highest BCUT2D eigenvalue weighted by Gasteiger charge is 2.21. The van der Waals surface area contributed by atoms with Gasteiger partial charge in [0.1, 0.15) is 0 Å². The van der Waals surface area contributed by atoms with E-state index in [1.54, 1.807) is 10.6 Å². The van der Waals surface area contributed by atoms with Crippen molar-refractivity contribution in [2.45, 2.75) is 51.1 Å². The molecule has 0 aliphatic heterocycles. The molecule has 0 aliphatic carbocycles. The third-order valence-corrected chi connectivity index (χ3v) is 5.76. The maximum absolute atomic E-state index is 13.0. The molecule has 1 aromatic heterocycles. The SMILES string of the molecule is CCc1ccc(C(=O)C(C)Sc2nc3ccccc3c(=O)n2CC(C)C)cc1. The molecular weight excluding hydrogens is 368 g/mol. The average Bonchev–Trinajstić information content (AvgIpc) is 2.70. The van der Waals surface area contributed by atoms with Crippen molar-refractivity contribution in [2.24, 2.45) is 5.92 Å². The lowest BCUT2D eigenvalue weighted by molar-refractivity contribution is 0.0994. The van der Waals surface area contributed by atoms with E-state index in [0.717, 1.165) is 6.42 Å². The Morgan fingerprint density at radius 1 is 1.07 bits per heavy atom. The molecule has 0 radical (unpaired) electrons. The molecule has 28 heavy (non-hydrogen) atoms. The lowest BCUT2D eigenvalue weighted by Crippen LogP contribution is -2.26. The van der Waals surface area contributed by atoms with Crippen LogP contribution in [0.3, 0.4) is 0 Å². The minimum absolute atomic E-state index is 0.0474. The Balaban J connectivity index is 1.95. The lowest BCUT2D eigenvalue weighted by Gasteiger charge is -2.17. The molecule has 1 unspecified atom stereocenters. The minimum atomic E-state index is -0.334. The van der Waals surface area contributed by atoms with Gasteiger partial charge in [0.2, 0.25) is 0 Å². The van der Waals surface area contributed by atoms with Crippen LogP contribution in [0.25, 0.3) is 10.9 Å². The Morgan fingerprint density at radius 2 is 1.75 bits per heavy atom. The second-order valence-electron chi connectivity index (χ2n) is 7.40. The summed E-state index contributed by atoms with van der Waals surface area (Å²) in [6.45, 7) is 8.68. The van der Waals surface area contributed by atoms with Crippen LogP contribution in [0.5, 0.6) is 0 Å². The molecular formula is C23H26N2O2S. The topological polar surface area (TPSA) is 52.0 Å². The summed E-state index contributed by atoms with van der Waals surface area (Å²) in [5.74, 6) is 0.346. The summed E-state index contributed by atoms with van der Waals surface area (Å²) in [6.07, 6.45) is 0.946. The van der Waals surface area contributed by atoms with E-state index in [1.165, 1.54) is 17.3 Å². The van der Waals surface area contributed by atoms with Crippen LogP contribution >= 0.6 is 11.8 Å². The van der Waals surface area contributed by atoms with Crippen molar-refractivity contribution in [3.05, 3.63) is 70.0 Å². The number of fused-ring (bicyclic) bond motifs is 1. The maximum atomic E-state index is 13.0. The van der Waals surface area contributed by atoms with E-state index in [2.05, 4.69) is 20.8 Å². The molecule has 4 nitrogen and oxygen atoms in total. The van der Waals surface area contributed by atoms with Gasteiger partial charge in [-0.3, -0.25) is 14.2 Å². The normalized spacial score (nSPS) is 12.5. The van der Waals surface area contributed by atoms with Crippen LogP contribution in [-0.4, -0.2) is 20.6 Å². The van der Waals surface area contributed by atoms with E-state index in [0.29, 0.717) is 34.1 Å². The van der Waals surface area contributed by atoms with Crippen molar-refractivity contribution in [2.75, 3.05) is 0 Å². The summed E-state index contributed by atoms with van der Waals surface area (Å²) in [6, 6.07) is 15.1. The number of hydrogen-bond acceptors (Lipinski definition) is 4. The zero-order valence-corrected chi connectivity index (χ0v) is 17.6. The molecule has 0 saturated heterocycles. The highest BCUT2D eigenvalue weighted by Crippen LogP contribution is 2.25. The van der Waals surface area contributed by atoms with Gasteiger partial charge in [-0.25, -0.2) is 4.98 Å². The van der Waals surface area contributed by atoms with Crippen molar-refractivity contribution < 1.29 is 4.79 Å². The molecule has 146 valence electrons. The number of hydrogen-bond donors (Lipinski definition) is 0. The highest BCUT2D eigenvalue weighted by molar-refractivity contribution is 8.00. The van der Waals surface area contributed by atoms with Crippen molar-refractivity contribution in [1.82, 2.24) is 9.55 Å². The van der Waals surface area contributed by atoms with Gasteiger partial charge in [-0.1, -0.05) is 68.9 Å². The number of nitrogens with zero attached hydrogens (tertiary/aromatic N) is 2. The summed E-state index contributed by atoms with van der Waals surface area (Å²) >= 11 is 1.36. The van der Waals surface area contributed by atoms with Gasteiger partial charge in [-0.05, 0) is 37.0 Å². The predicted molar refractivity (Wildman–Crippen MR) is 116 cm³/mol. The average molecular weight is 395 g/mol. The fourth-order valence-corrected chi connectivity index (χ4v) is 4.11. The molecule has 0 aliphatic rings. The van der Waals surface area contributed by atoms with Gasteiger partial charge < -0.3 is 0 Å². The van der Waals surface area contributed by atoms with Crippen molar-refractivity contribution in [3.8, 4) is 0 Å². The Morgan fingerprint density at radius 3 is 2.39 bits per heavy atom. The zero-order valence-electron chi connectivity index (χ0n) is 16.8. The first kappa shape index (κ1) is 20.3. The second-order valence-corrected chi connectivity index (χ2v) is 8.70. The van der Waals surface area contributed by atoms with Crippen LogP contribution in [0.4, 0.5) is 0 Å². The Kier molecular flexibility index (Phi) is 6.35. The molecule has 0 N–H and O–H groups in total. The fourth-order valence-electron chi connectivity index (χ4n) is 3.11. The molecule has 3 aromatic rings. The van der Waals surface area contributed by atoms with Gasteiger partial charge in [0.25, 0.3) is 5.56 Å². The number of para-hydroxylation sites is 1. The number of aryl methyl sites for hydroxylation is 1. The second kappa shape index (κ2) is 8.74. The van der Waals surface area contributed by atoms with Gasteiger partial charge >= 0.3 is 0 Å². The number of Topliss-reactive ketones (excluding diaryl/α,β-unsaturated/α-hetero) is 1. The lowest BCUT2D eigenvalue weighted by atomic mass is 10.1. The van der Waals surface area contributed by atoms with Crippen LogP contribution in [0, 0.1) is 5.92 Å². The van der Waals surface area contributed by atoms with Gasteiger partial charge in [0, 0.05) is 12.1 Å². The molecule has 1 atom stereocenters. The van der Waals surface area contributed by atoms with Gasteiger partial charge in [-0.15, -0.1) is 0 Å². The Labute approximate surface area is 170 Å². The first-order valence-corrected chi connectivity index (χ1v) is 10.6. The number of carbonyl (C=O) groups excluding carboxylic acids is 1. The van der Waals surface area contributed by atoms with Crippen LogP contribution in [0.15, 0.2) is 58.5 Å². The molecule has 2 aromatic carbocycles. The third kappa shape index (κ3) is 4.36. The number of carbonyl (C=O) groups is 1. The van der Waals surface area contributed by atoms with E-state index in [4.69, 9.17) is 4.98 Å². The van der Waals surface area contributed by atoms with Crippen LogP contribution in [0.2, 0.25) is 0 Å². The zero-order chi connectivity index (χ0) is 20.3. The highest BCUT2D eigenvalue weighted by atomic mass is 32.2. The maximum Gasteiger partial charge on any atom is 0.262 e. The molecule has 0 bridgehead atoms. The Bertz CT molecular complexity index is 1040. The summed E-state index contributed by atoms with van der Waals surface area (Å²) in [5, 5.41) is 0.879. The van der Waals surface area contributed by atoms with Crippen LogP contribution in [0.1, 0.15) is 43.6 Å². The van der Waals surface area contributed by atoms with E-state index in [1.807, 2.05) is 49.4 Å². The number of ketones is 1. The van der Waals surface area contributed by atoms with E-state index >= 15 is 0 Å². The number of aromatic nitrogens is 2. The molecule has 1 heterocycles. The van der Waals surface area contributed by atoms with E-state index < -0.39 is 0 Å². The van der Waals surface area contributed by atoms with Crippen molar-refractivity contribution in [1.29, 1.82) is 0 Å². The molecule has 0 spiro atoms. The molecule has 3 rings (SSSR count). The molecule has 0 saturated carbocycles. The van der Waals surface area contributed by atoms with Gasteiger partial charge in [-0.2, -0.15) is 0 Å². The van der Waals surface area contributed by atoms with Crippen LogP contribution in [-0.2, 0) is 13.0 Å². The largest absolute Gasteiger partial charge is 0.293 e. The van der Waals surface area contributed by atoms with Gasteiger partial charge in [0.15, 0.2) is 10.9 Å². The predicted octanol–water partition coefficient (Wildman–Crippen LogP) is 4.98. The minimum Gasteiger partial charge on any atom is -0.293 e. The number of thioether (sulfide) groups is 1. The first-order valence-electron chi connectivity index (χ1n) is 9.70. The van der Waals surface area contributed by atoms with E-state index in [9.17, 15) is 9.59 Å². The standard InChI is InChI=1S/C23H26N2O2S/c1-5-17-10-12-18(13-11-17)21(26)16(4)28-23-24-20-9-7-6-8-19(20)22(27)25(23)14-15(2)3/h6-13,15-16H,5,14H2,1-4H3. The van der Waals surface area contributed by atoms with Crippen molar-refractivity contribution >= 4 is 28.4 Å². The monoisotopic (exact) mass is 394 g/mol. The van der Waals surface area contributed by atoms with Gasteiger partial charge in [0.05, 0.1) is 16.2 Å². The van der Waals surface area contributed by atoms with Crippen molar-refractivity contribution in [3.63, 3.8) is 0 Å². The summed E-state index contributed by atoms with van der Waals surface area (Å²) in [7, 11) is 0. The summed E-state index contributed by atoms with van der Waals surface area (Å²) < 4.78 is 1.71. The quantitative estimate of drug-likeness (QED) is 0.322. The summed E-state index contributed by atoms with van der Waals surface area (Å²) in [4.78, 5) is 30.6. The summed E-state index contributed by atoms with van der Waals surface area (Å²) in [5.41, 5.74) is 2.52. The number of rotatable bonds is 7.